The summed E-state index contributed by atoms with van der Waals surface area (Å²) >= 11 is 1.34. The second-order valence-electron chi connectivity index (χ2n) is 5.11. The highest BCUT2D eigenvalue weighted by molar-refractivity contribution is 7.18. The third-order valence-electron chi connectivity index (χ3n) is 3.65. The van der Waals surface area contributed by atoms with Crippen molar-refractivity contribution >= 4 is 28.2 Å². The van der Waals surface area contributed by atoms with Crippen LogP contribution in [0.15, 0.2) is 0 Å². The van der Waals surface area contributed by atoms with E-state index in [2.05, 4.69) is 21.8 Å². The molecule has 0 aliphatic carbocycles. The Kier molecular flexibility index (Phi) is 5.38. The van der Waals surface area contributed by atoms with E-state index < -0.39 is 0 Å². The van der Waals surface area contributed by atoms with Gasteiger partial charge in [-0.2, -0.15) is 0 Å². The summed E-state index contributed by atoms with van der Waals surface area (Å²) in [6.45, 7) is 6.44. The van der Waals surface area contributed by atoms with E-state index >= 15 is 0 Å². The molecule has 0 spiro atoms. The second kappa shape index (κ2) is 7.06. The van der Waals surface area contributed by atoms with E-state index in [1.165, 1.54) is 11.3 Å². The van der Waals surface area contributed by atoms with Gasteiger partial charge < -0.3 is 25.5 Å². The van der Waals surface area contributed by atoms with Crippen LogP contribution in [0.25, 0.3) is 0 Å². The lowest BCUT2D eigenvalue weighted by Crippen LogP contribution is -2.44. The minimum absolute atomic E-state index is 0.0520. The molecule has 0 aromatic carbocycles. The molecule has 2 rings (SSSR count). The van der Waals surface area contributed by atoms with E-state index in [4.69, 9.17) is 10.8 Å². The number of aromatic nitrogens is 1. The van der Waals surface area contributed by atoms with E-state index in [1.54, 1.807) is 4.90 Å². The topological polar surface area (TPSA) is 85.9 Å². The molecule has 1 aliphatic heterocycles. The summed E-state index contributed by atoms with van der Waals surface area (Å²) in [5, 5.41) is 9.83. The van der Waals surface area contributed by atoms with Gasteiger partial charge in [0.2, 0.25) is 0 Å². The maximum absolute atomic E-state index is 12.4. The van der Waals surface area contributed by atoms with E-state index in [-0.39, 0.29) is 18.3 Å². The number of piperazine rings is 1. The average Bonchev–Trinajstić information content (AvgIpc) is 2.86. The largest absolute Gasteiger partial charge is 0.395 e. The molecule has 8 heteroatoms. The standard InChI is InChI=1S/C13H23N5O2S/c1-3-17(8-9-19)12(20)10-11(14)15-13(21-10)18-6-4-16(2)5-7-18/h19H,3-9,14H2,1-2H3. The normalized spacial score (nSPS) is 16.2. The summed E-state index contributed by atoms with van der Waals surface area (Å²) in [6, 6.07) is 0. The van der Waals surface area contributed by atoms with Crippen molar-refractivity contribution in [1.82, 2.24) is 14.8 Å². The number of carbonyl (C=O) groups excluding carboxylic acids is 1. The van der Waals surface area contributed by atoms with Crippen LogP contribution in [0.3, 0.4) is 0 Å². The molecule has 7 nitrogen and oxygen atoms in total. The van der Waals surface area contributed by atoms with Crippen molar-refractivity contribution in [2.45, 2.75) is 6.92 Å². The first-order valence-electron chi connectivity index (χ1n) is 7.16. The molecule has 1 aromatic heterocycles. The summed E-state index contributed by atoms with van der Waals surface area (Å²) in [5.74, 6) is 0.136. The first-order chi connectivity index (χ1) is 10.1. The van der Waals surface area contributed by atoms with Gasteiger partial charge in [0.05, 0.1) is 6.61 Å². The molecular formula is C13H23N5O2S. The summed E-state index contributed by atoms with van der Waals surface area (Å²) in [7, 11) is 2.09. The molecule has 0 saturated carbocycles. The predicted octanol–water partition coefficient (Wildman–Crippen LogP) is -0.0685. The summed E-state index contributed by atoms with van der Waals surface area (Å²) in [6.07, 6.45) is 0. The monoisotopic (exact) mass is 313 g/mol. The number of rotatable bonds is 5. The van der Waals surface area contributed by atoms with Crippen LogP contribution >= 0.6 is 11.3 Å². The van der Waals surface area contributed by atoms with Gasteiger partial charge in [-0.3, -0.25) is 4.79 Å². The number of anilines is 2. The Bertz CT molecular complexity index is 485. The maximum Gasteiger partial charge on any atom is 0.267 e. The molecule has 1 aromatic rings. The van der Waals surface area contributed by atoms with Gasteiger partial charge in [0.15, 0.2) is 5.13 Å². The number of aliphatic hydroxyl groups is 1. The highest BCUT2D eigenvalue weighted by Crippen LogP contribution is 2.29. The van der Waals surface area contributed by atoms with E-state index in [0.717, 1.165) is 31.3 Å². The molecule has 118 valence electrons. The molecule has 0 atom stereocenters. The summed E-state index contributed by atoms with van der Waals surface area (Å²) < 4.78 is 0. The zero-order chi connectivity index (χ0) is 15.4. The van der Waals surface area contributed by atoms with Crippen LogP contribution in [0.4, 0.5) is 10.9 Å². The quantitative estimate of drug-likeness (QED) is 0.791. The van der Waals surface area contributed by atoms with E-state index in [1.807, 2.05) is 6.92 Å². The van der Waals surface area contributed by atoms with Gasteiger partial charge in [-0.15, -0.1) is 0 Å². The van der Waals surface area contributed by atoms with Crippen molar-refractivity contribution < 1.29 is 9.90 Å². The van der Waals surface area contributed by atoms with Crippen molar-refractivity contribution in [3.8, 4) is 0 Å². The number of aliphatic hydroxyl groups excluding tert-OH is 1. The maximum atomic E-state index is 12.4. The van der Waals surface area contributed by atoms with Crippen molar-refractivity contribution in [1.29, 1.82) is 0 Å². The Hall–Kier alpha value is -1.38. The minimum Gasteiger partial charge on any atom is -0.395 e. The molecule has 21 heavy (non-hydrogen) atoms. The second-order valence-corrected chi connectivity index (χ2v) is 6.09. The molecular weight excluding hydrogens is 290 g/mol. The van der Waals surface area contributed by atoms with Crippen molar-refractivity contribution in [3.63, 3.8) is 0 Å². The van der Waals surface area contributed by atoms with Crippen LogP contribution in [0.1, 0.15) is 16.6 Å². The highest BCUT2D eigenvalue weighted by atomic mass is 32.1. The lowest BCUT2D eigenvalue weighted by Gasteiger charge is -2.32. The van der Waals surface area contributed by atoms with Crippen LogP contribution in [0, 0.1) is 0 Å². The van der Waals surface area contributed by atoms with Gasteiger partial charge in [0, 0.05) is 39.3 Å². The van der Waals surface area contributed by atoms with Gasteiger partial charge in [-0.25, -0.2) is 4.98 Å². The number of carbonyl (C=O) groups is 1. The fourth-order valence-corrected chi connectivity index (χ4v) is 3.28. The highest BCUT2D eigenvalue weighted by Gasteiger charge is 2.24. The molecule has 0 unspecified atom stereocenters. The van der Waals surface area contributed by atoms with Crippen molar-refractivity contribution in [2.24, 2.45) is 0 Å². The lowest BCUT2D eigenvalue weighted by atomic mass is 10.3. The predicted molar refractivity (Wildman–Crippen MR) is 84.9 cm³/mol. The number of amides is 1. The molecule has 1 saturated heterocycles. The van der Waals surface area contributed by atoms with Crippen LogP contribution < -0.4 is 10.6 Å². The van der Waals surface area contributed by atoms with Crippen LogP contribution in [-0.4, -0.2) is 78.7 Å². The fourth-order valence-electron chi connectivity index (χ4n) is 2.27. The summed E-state index contributed by atoms with van der Waals surface area (Å²) in [5.41, 5.74) is 5.92. The van der Waals surface area contributed by atoms with Crippen molar-refractivity contribution in [3.05, 3.63) is 4.88 Å². The number of likely N-dealkylation sites (N-methyl/N-ethyl adjacent to an activating group) is 2. The molecule has 1 aliphatic rings. The minimum atomic E-state index is -0.151. The van der Waals surface area contributed by atoms with Gasteiger partial charge in [-0.05, 0) is 14.0 Å². The van der Waals surface area contributed by atoms with Gasteiger partial charge >= 0.3 is 0 Å². The zero-order valence-corrected chi connectivity index (χ0v) is 13.4. The van der Waals surface area contributed by atoms with Gasteiger partial charge in [0.1, 0.15) is 10.7 Å². The molecule has 2 heterocycles. The fraction of sp³-hybridized carbons (Fsp3) is 0.692. The smallest absolute Gasteiger partial charge is 0.267 e. The third-order valence-corrected chi connectivity index (χ3v) is 4.77. The molecule has 3 N–H and O–H groups in total. The first-order valence-corrected chi connectivity index (χ1v) is 7.98. The number of nitrogen functional groups attached to an aromatic ring is 1. The SMILES string of the molecule is CCN(CCO)C(=O)c1sc(N2CCN(C)CC2)nc1N. The Morgan fingerprint density at radius 2 is 2.10 bits per heavy atom. The Balaban J connectivity index is 2.13. The summed E-state index contributed by atoms with van der Waals surface area (Å²) in [4.78, 5) is 23.2. The number of nitrogens with two attached hydrogens (primary N) is 1. The van der Waals surface area contributed by atoms with E-state index in [9.17, 15) is 4.79 Å². The average molecular weight is 313 g/mol. The zero-order valence-electron chi connectivity index (χ0n) is 12.6. The van der Waals surface area contributed by atoms with Crippen LogP contribution in [-0.2, 0) is 0 Å². The number of nitrogens with zero attached hydrogens (tertiary/aromatic N) is 4. The number of hydrogen-bond acceptors (Lipinski definition) is 7. The Labute approximate surface area is 129 Å². The molecule has 0 bridgehead atoms. The number of hydrogen-bond donors (Lipinski definition) is 2. The number of thiazole rings is 1. The lowest BCUT2D eigenvalue weighted by molar-refractivity contribution is 0.0737. The molecule has 1 amide bonds. The Morgan fingerprint density at radius 3 is 2.67 bits per heavy atom. The third kappa shape index (κ3) is 3.63. The van der Waals surface area contributed by atoms with Crippen molar-refractivity contribution in [2.75, 3.05) is 63.6 Å². The molecule has 1 fully saturated rings. The van der Waals surface area contributed by atoms with Crippen LogP contribution in [0.2, 0.25) is 0 Å². The van der Waals surface area contributed by atoms with E-state index in [0.29, 0.717) is 18.0 Å². The Morgan fingerprint density at radius 1 is 1.43 bits per heavy atom. The van der Waals surface area contributed by atoms with Crippen LogP contribution in [0.5, 0.6) is 0 Å². The molecule has 0 radical (unpaired) electrons. The van der Waals surface area contributed by atoms with Gasteiger partial charge in [-0.1, -0.05) is 11.3 Å². The van der Waals surface area contributed by atoms with Gasteiger partial charge in [0.25, 0.3) is 5.91 Å². The first kappa shape index (κ1) is 16.0.